The highest BCUT2D eigenvalue weighted by molar-refractivity contribution is 5.63. The fourth-order valence-corrected chi connectivity index (χ4v) is 2.70. The van der Waals surface area contributed by atoms with E-state index < -0.39 is 6.16 Å². The van der Waals surface area contributed by atoms with Crippen molar-refractivity contribution in [2.45, 2.75) is 72.1 Å². The molecule has 0 atom stereocenters. The van der Waals surface area contributed by atoms with Gasteiger partial charge in [0.15, 0.2) is 0 Å². The quantitative estimate of drug-likeness (QED) is 0.370. The molecule has 0 unspecified atom stereocenters. The van der Waals surface area contributed by atoms with Crippen LogP contribution in [0.4, 0.5) is 4.79 Å². The molecule has 0 bridgehead atoms. The number of carboxylic acid groups (broad SMARTS) is 1. The Morgan fingerprint density at radius 2 is 1.57 bits per heavy atom. The van der Waals surface area contributed by atoms with Gasteiger partial charge in [0.1, 0.15) is 5.75 Å². The molecular formula is C18H28O3. The lowest BCUT2D eigenvalue weighted by Gasteiger charge is -2.16. The minimum atomic E-state index is -1.23. The zero-order valence-electron chi connectivity index (χ0n) is 13.6. The molecule has 0 aromatic heterocycles. The summed E-state index contributed by atoms with van der Waals surface area (Å²) in [6.45, 7) is 6.47. The maximum absolute atomic E-state index is 10.9. The van der Waals surface area contributed by atoms with Crippen molar-refractivity contribution >= 4 is 6.16 Å². The Kier molecular flexibility index (Phi) is 7.88. The van der Waals surface area contributed by atoms with Crippen molar-refractivity contribution in [2.24, 2.45) is 0 Å². The van der Waals surface area contributed by atoms with Crippen LogP contribution in [-0.4, -0.2) is 11.3 Å². The van der Waals surface area contributed by atoms with Crippen LogP contribution in [0.5, 0.6) is 5.75 Å². The topological polar surface area (TPSA) is 46.5 Å². The van der Waals surface area contributed by atoms with Gasteiger partial charge >= 0.3 is 6.16 Å². The lowest BCUT2D eigenvalue weighted by Crippen LogP contribution is -2.08. The molecule has 0 heterocycles. The van der Waals surface area contributed by atoms with Crippen LogP contribution < -0.4 is 4.74 Å². The molecule has 118 valence electrons. The highest BCUT2D eigenvalue weighted by Crippen LogP contribution is 2.29. The van der Waals surface area contributed by atoms with Gasteiger partial charge in [-0.2, -0.15) is 0 Å². The van der Waals surface area contributed by atoms with Gasteiger partial charge in [0.05, 0.1) is 0 Å². The van der Waals surface area contributed by atoms with Gasteiger partial charge in [-0.15, -0.1) is 0 Å². The summed E-state index contributed by atoms with van der Waals surface area (Å²) in [7, 11) is 0. The van der Waals surface area contributed by atoms with Crippen molar-refractivity contribution in [3.05, 3.63) is 28.8 Å². The molecule has 21 heavy (non-hydrogen) atoms. The van der Waals surface area contributed by atoms with E-state index in [1.165, 1.54) is 24.0 Å². The van der Waals surface area contributed by atoms with Gasteiger partial charge < -0.3 is 9.84 Å². The van der Waals surface area contributed by atoms with Crippen LogP contribution >= 0.6 is 0 Å². The third kappa shape index (κ3) is 5.78. The Morgan fingerprint density at radius 3 is 2.10 bits per heavy atom. The van der Waals surface area contributed by atoms with Crippen molar-refractivity contribution in [1.82, 2.24) is 0 Å². The van der Waals surface area contributed by atoms with Crippen molar-refractivity contribution in [3.8, 4) is 5.75 Å². The normalized spacial score (nSPS) is 10.6. The number of carbonyl (C=O) groups is 1. The molecule has 3 nitrogen and oxygen atoms in total. The number of hydrogen-bond acceptors (Lipinski definition) is 2. The SMILES string of the molecule is CCCCCc1c(C)ccc(OC(=O)O)c1CCCCC. The Bertz CT molecular complexity index is 452. The standard InChI is InChI=1S/C18H28O3/c1-4-6-8-10-15-14(3)12-13-17(21-18(19)20)16(15)11-9-7-5-2/h12-13H,4-11H2,1-3H3,(H,19,20). The predicted octanol–water partition coefficient (Wildman–Crippen LogP) is 5.52. The summed E-state index contributed by atoms with van der Waals surface area (Å²) in [6, 6.07) is 3.77. The minimum absolute atomic E-state index is 0.524. The fraction of sp³-hybridized carbons (Fsp3) is 0.611. The summed E-state index contributed by atoms with van der Waals surface area (Å²) in [5, 5.41) is 8.92. The highest BCUT2D eigenvalue weighted by atomic mass is 16.7. The lowest BCUT2D eigenvalue weighted by atomic mass is 9.92. The average molecular weight is 292 g/mol. The van der Waals surface area contributed by atoms with Crippen molar-refractivity contribution in [1.29, 1.82) is 0 Å². The third-order valence-electron chi connectivity index (χ3n) is 3.88. The van der Waals surface area contributed by atoms with Crippen molar-refractivity contribution in [2.75, 3.05) is 0 Å². The Morgan fingerprint density at radius 1 is 1.00 bits per heavy atom. The third-order valence-corrected chi connectivity index (χ3v) is 3.88. The molecule has 0 aliphatic heterocycles. The Hall–Kier alpha value is -1.51. The summed E-state index contributed by atoms with van der Waals surface area (Å²) in [6.07, 6.45) is 7.63. The molecule has 0 amide bonds. The average Bonchev–Trinajstić information content (AvgIpc) is 2.44. The van der Waals surface area contributed by atoms with Gasteiger partial charge in [0.2, 0.25) is 0 Å². The van der Waals surface area contributed by atoms with Gasteiger partial charge in [-0.05, 0) is 55.4 Å². The lowest BCUT2D eigenvalue weighted by molar-refractivity contribution is 0.144. The molecule has 0 saturated carbocycles. The second-order valence-corrected chi connectivity index (χ2v) is 5.62. The van der Waals surface area contributed by atoms with Crippen LogP contribution in [-0.2, 0) is 12.8 Å². The van der Waals surface area contributed by atoms with Crippen molar-refractivity contribution in [3.63, 3.8) is 0 Å². The molecule has 0 radical (unpaired) electrons. The zero-order valence-corrected chi connectivity index (χ0v) is 13.6. The van der Waals surface area contributed by atoms with Crippen LogP contribution in [0, 0.1) is 6.92 Å². The van der Waals surface area contributed by atoms with Gasteiger partial charge in [-0.25, -0.2) is 4.79 Å². The number of rotatable bonds is 9. The number of hydrogen-bond donors (Lipinski definition) is 1. The second-order valence-electron chi connectivity index (χ2n) is 5.62. The smallest absolute Gasteiger partial charge is 0.449 e. The van der Waals surface area contributed by atoms with Crippen LogP contribution in [0.2, 0.25) is 0 Å². The number of aryl methyl sites for hydroxylation is 1. The van der Waals surface area contributed by atoms with Crippen LogP contribution in [0.3, 0.4) is 0 Å². The zero-order chi connectivity index (χ0) is 15.7. The first-order valence-corrected chi connectivity index (χ1v) is 8.12. The second kappa shape index (κ2) is 9.43. The summed E-state index contributed by atoms with van der Waals surface area (Å²) >= 11 is 0. The molecule has 0 aliphatic rings. The van der Waals surface area contributed by atoms with Gasteiger partial charge in [-0.1, -0.05) is 45.6 Å². The molecule has 1 aromatic carbocycles. The molecule has 0 spiro atoms. The molecular weight excluding hydrogens is 264 g/mol. The summed E-state index contributed by atoms with van der Waals surface area (Å²) in [4.78, 5) is 10.9. The van der Waals surface area contributed by atoms with E-state index in [1.807, 2.05) is 6.07 Å². The van der Waals surface area contributed by atoms with E-state index in [-0.39, 0.29) is 0 Å². The summed E-state index contributed by atoms with van der Waals surface area (Å²) in [5.41, 5.74) is 3.63. The summed E-state index contributed by atoms with van der Waals surface area (Å²) < 4.78 is 4.99. The van der Waals surface area contributed by atoms with Gasteiger partial charge in [-0.3, -0.25) is 0 Å². The van der Waals surface area contributed by atoms with E-state index in [9.17, 15) is 4.79 Å². The maximum Gasteiger partial charge on any atom is 0.511 e. The molecule has 3 heteroatoms. The van der Waals surface area contributed by atoms with Crippen molar-refractivity contribution < 1.29 is 14.6 Å². The fourth-order valence-electron chi connectivity index (χ4n) is 2.70. The van der Waals surface area contributed by atoms with E-state index in [2.05, 4.69) is 20.8 Å². The number of ether oxygens (including phenoxy) is 1. The van der Waals surface area contributed by atoms with Crippen LogP contribution in [0.1, 0.15) is 69.1 Å². The first-order chi connectivity index (χ1) is 10.1. The first-order valence-electron chi connectivity index (χ1n) is 8.12. The molecule has 1 aromatic rings. The monoisotopic (exact) mass is 292 g/mol. The largest absolute Gasteiger partial charge is 0.511 e. The Labute approximate surface area is 128 Å². The number of unbranched alkanes of at least 4 members (excludes halogenated alkanes) is 4. The Balaban J connectivity index is 3.01. The van der Waals surface area contributed by atoms with E-state index in [4.69, 9.17) is 9.84 Å². The van der Waals surface area contributed by atoms with Gasteiger partial charge in [0, 0.05) is 0 Å². The first kappa shape index (κ1) is 17.5. The highest BCUT2D eigenvalue weighted by Gasteiger charge is 2.14. The van der Waals surface area contributed by atoms with Crippen LogP contribution in [0.25, 0.3) is 0 Å². The molecule has 0 aliphatic carbocycles. The number of benzene rings is 1. The van der Waals surface area contributed by atoms with E-state index >= 15 is 0 Å². The molecule has 1 rings (SSSR count). The summed E-state index contributed by atoms with van der Waals surface area (Å²) in [5.74, 6) is 0.524. The molecule has 1 N–H and O–H groups in total. The molecule has 0 fully saturated rings. The van der Waals surface area contributed by atoms with Crippen LogP contribution in [0.15, 0.2) is 12.1 Å². The minimum Gasteiger partial charge on any atom is -0.449 e. The van der Waals surface area contributed by atoms with E-state index in [0.717, 1.165) is 44.1 Å². The van der Waals surface area contributed by atoms with E-state index in [1.54, 1.807) is 6.07 Å². The van der Waals surface area contributed by atoms with Gasteiger partial charge in [0.25, 0.3) is 0 Å². The maximum atomic E-state index is 10.9. The molecule has 0 saturated heterocycles. The van der Waals surface area contributed by atoms with E-state index in [0.29, 0.717) is 5.75 Å². The predicted molar refractivity (Wildman–Crippen MR) is 86.3 cm³/mol.